The van der Waals surface area contributed by atoms with E-state index < -0.39 is 6.09 Å². The Morgan fingerprint density at radius 1 is 1.35 bits per heavy atom. The van der Waals surface area contributed by atoms with Crippen LogP contribution < -0.4 is 5.32 Å². The molecule has 3 rings (SSSR count). The van der Waals surface area contributed by atoms with Gasteiger partial charge in [-0.1, -0.05) is 30.3 Å². The monoisotopic (exact) mass is 274 g/mol. The standard InChI is InChI=1S/C16H22N2O2/c1-16(8-9-16)17-13-7-10-18(15(19)20)14(11-13)12-5-3-2-4-6-12/h2-6,13-14,17H,7-11H2,1H3,(H,19,20)/t13?,14-/m0/s1. The normalized spacial score (nSPS) is 28.1. The van der Waals surface area contributed by atoms with E-state index >= 15 is 0 Å². The van der Waals surface area contributed by atoms with E-state index in [1.165, 1.54) is 12.8 Å². The van der Waals surface area contributed by atoms with Gasteiger partial charge in [-0.15, -0.1) is 0 Å². The predicted molar refractivity (Wildman–Crippen MR) is 77.7 cm³/mol. The molecular weight excluding hydrogens is 252 g/mol. The number of rotatable bonds is 3. The molecular formula is C16H22N2O2. The predicted octanol–water partition coefficient (Wildman–Crippen LogP) is 3.01. The van der Waals surface area contributed by atoms with Gasteiger partial charge in [-0.3, -0.25) is 0 Å². The van der Waals surface area contributed by atoms with Crippen LogP contribution in [0, 0.1) is 0 Å². The number of amides is 1. The maximum atomic E-state index is 11.4. The van der Waals surface area contributed by atoms with Gasteiger partial charge in [-0.05, 0) is 38.2 Å². The van der Waals surface area contributed by atoms with Crippen molar-refractivity contribution in [2.45, 2.75) is 50.2 Å². The molecule has 2 N–H and O–H groups in total. The Balaban J connectivity index is 1.76. The zero-order valence-corrected chi connectivity index (χ0v) is 11.9. The number of likely N-dealkylation sites (tertiary alicyclic amines) is 1. The Morgan fingerprint density at radius 3 is 2.65 bits per heavy atom. The molecule has 1 saturated carbocycles. The maximum absolute atomic E-state index is 11.4. The third-order valence-electron chi connectivity index (χ3n) is 4.59. The van der Waals surface area contributed by atoms with E-state index in [4.69, 9.17) is 0 Å². The lowest BCUT2D eigenvalue weighted by molar-refractivity contribution is 0.0942. The quantitative estimate of drug-likeness (QED) is 0.891. The number of benzene rings is 1. The fourth-order valence-electron chi connectivity index (χ4n) is 3.14. The minimum Gasteiger partial charge on any atom is -0.465 e. The molecule has 1 aliphatic heterocycles. The Morgan fingerprint density at radius 2 is 2.05 bits per heavy atom. The molecule has 0 aromatic heterocycles. The van der Waals surface area contributed by atoms with Crippen molar-refractivity contribution in [2.24, 2.45) is 0 Å². The Kier molecular flexibility index (Phi) is 3.42. The van der Waals surface area contributed by atoms with Gasteiger partial charge in [0, 0.05) is 18.1 Å². The number of hydrogen-bond donors (Lipinski definition) is 2. The van der Waals surface area contributed by atoms with Crippen LogP contribution in [0.1, 0.15) is 44.2 Å². The van der Waals surface area contributed by atoms with Crippen LogP contribution in [-0.2, 0) is 0 Å². The fraction of sp³-hybridized carbons (Fsp3) is 0.562. The van der Waals surface area contributed by atoms with Crippen molar-refractivity contribution in [3.05, 3.63) is 35.9 Å². The van der Waals surface area contributed by atoms with Crippen LogP contribution >= 0.6 is 0 Å². The summed E-state index contributed by atoms with van der Waals surface area (Å²) < 4.78 is 0. The van der Waals surface area contributed by atoms with Crippen LogP contribution in [0.4, 0.5) is 4.79 Å². The second-order valence-corrected chi connectivity index (χ2v) is 6.33. The van der Waals surface area contributed by atoms with E-state index in [9.17, 15) is 9.90 Å². The highest BCUT2D eigenvalue weighted by atomic mass is 16.4. The highest BCUT2D eigenvalue weighted by molar-refractivity contribution is 5.66. The molecule has 2 fully saturated rings. The summed E-state index contributed by atoms with van der Waals surface area (Å²) in [6.45, 7) is 2.87. The van der Waals surface area contributed by atoms with E-state index in [0.717, 1.165) is 18.4 Å². The molecule has 1 aliphatic carbocycles. The van der Waals surface area contributed by atoms with Crippen molar-refractivity contribution in [3.8, 4) is 0 Å². The largest absolute Gasteiger partial charge is 0.465 e. The Bertz CT molecular complexity index is 485. The van der Waals surface area contributed by atoms with Crippen molar-refractivity contribution in [1.82, 2.24) is 10.2 Å². The average Bonchev–Trinajstić information content (AvgIpc) is 3.16. The zero-order chi connectivity index (χ0) is 14.2. The third kappa shape index (κ3) is 2.80. The first-order valence-corrected chi connectivity index (χ1v) is 7.40. The molecule has 2 aliphatic rings. The molecule has 2 atom stereocenters. The lowest BCUT2D eigenvalue weighted by Gasteiger charge is -2.39. The molecule has 0 spiro atoms. The fourth-order valence-corrected chi connectivity index (χ4v) is 3.14. The summed E-state index contributed by atoms with van der Waals surface area (Å²) in [5.41, 5.74) is 1.40. The summed E-state index contributed by atoms with van der Waals surface area (Å²) in [6.07, 6.45) is 3.44. The number of nitrogens with one attached hydrogen (secondary N) is 1. The van der Waals surface area contributed by atoms with Crippen molar-refractivity contribution in [3.63, 3.8) is 0 Å². The molecule has 1 saturated heterocycles. The van der Waals surface area contributed by atoms with Crippen LogP contribution in [0.2, 0.25) is 0 Å². The summed E-state index contributed by atoms with van der Waals surface area (Å²) >= 11 is 0. The van der Waals surface area contributed by atoms with Gasteiger partial charge < -0.3 is 15.3 Å². The van der Waals surface area contributed by atoms with E-state index in [2.05, 4.69) is 12.2 Å². The number of hydrogen-bond acceptors (Lipinski definition) is 2. The van der Waals surface area contributed by atoms with Crippen LogP contribution in [0.3, 0.4) is 0 Å². The lowest BCUT2D eigenvalue weighted by atomic mass is 9.91. The van der Waals surface area contributed by atoms with Gasteiger partial charge in [0.2, 0.25) is 0 Å². The number of piperidine rings is 1. The minimum absolute atomic E-state index is 0.0256. The third-order valence-corrected chi connectivity index (χ3v) is 4.59. The van der Waals surface area contributed by atoms with Crippen molar-refractivity contribution in [1.29, 1.82) is 0 Å². The zero-order valence-electron chi connectivity index (χ0n) is 11.9. The molecule has 1 aromatic rings. The van der Waals surface area contributed by atoms with Crippen LogP contribution in [0.15, 0.2) is 30.3 Å². The number of nitrogens with zero attached hydrogens (tertiary/aromatic N) is 1. The van der Waals surface area contributed by atoms with Crippen molar-refractivity contribution >= 4 is 6.09 Å². The summed E-state index contributed by atoms with van der Waals surface area (Å²) in [4.78, 5) is 13.0. The number of carbonyl (C=O) groups is 1. The second-order valence-electron chi connectivity index (χ2n) is 6.33. The first kappa shape index (κ1) is 13.4. The highest BCUT2D eigenvalue weighted by Crippen LogP contribution is 2.38. The molecule has 0 bridgehead atoms. The Hall–Kier alpha value is -1.55. The average molecular weight is 274 g/mol. The molecule has 1 amide bonds. The van der Waals surface area contributed by atoms with Crippen molar-refractivity contribution < 1.29 is 9.90 Å². The summed E-state index contributed by atoms with van der Waals surface area (Å²) in [5, 5.41) is 13.1. The first-order valence-electron chi connectivity index (χ1n) is 7.40. The van der Waals surface area contributed by atoms with E-state index in [1.807, 2.05) is 30.3 Å². The van der Waals surface area contributed by atoms with E-state index in [-0.39, 0.29) is 6.04 Å². The minimum atomic E-state index is -0.810. The van der Waals surface area contributed by atoms with E-state index in [0.29, 0.717) is 18.1 Å². The van der Waals surface area contributed by atoms with Crippen LogP contribution in [0.5, 0.6) is 0 Å². The van der Waals surface area contributed by atoms with Gasteiger partial charge in [0.05, 0.1) is 6.04 Å². The smallest absolute Gasteiger partial charge is 0.407 e. The van der Waals surface area contributed by atoms with Crippen molar-refractivity contribution in [2.75, 3.05) is 6.54 Å². The summed E-state index contributed by atoms with van der Waals surface area (Å²) in [5.74, 6) is 0. The molecule has 0 radical (unpaired) electrons. The topological polar surface area (TPSA) is 52.6 Å². The van der Waals surface area contributed by atoms with Gasteiger partial charge in [-0.25, -0.2) is 4.79 Å². The first-order chi connectivity index (χ1) is 9.57. The summed E-state index contributed by atoms with van der Waals surface area (Å²) in [6, 6.07) is 10.4. The number of carboxylic acid groups (broad SMARTS) is 1. The van der Waals surface area contributed by atoms with Gasteiger partial charge in [0.1, 0.15) is 0 Å². The van der Waals surface area contributed by atoms with Crippen LogP contribution in [0.25, 0.3) is 0 Å². The maximum Gasteiger partial charge on any atom is 0.407 e. The van der Waals surface area contributed by atoms with Crippen LogP contribution in [-0.4, -0.2) is 34.2 Å². The second kappa shape index (κ2) is 5.09. The van der Waals surface area contributed by atoms with Gasteiger partial charge in [0.25, 0.3) is 0 Å². The SMILES string of the molecule is CC1(NC2CCN(C(=O)O)[C@H](c3ccccc3)C2)CC1. The van der Waals surface area contributed by atoms with Gasteiger partial charge >= 0.3 is 6.09 Å². The molecule has 4 heteroatoms. The van der Waals surface area contributed by atoms with Gasteiger partial charge in [0.15, 0.2) is 0 Å². The van der Waals surface area contributed by atoms with E-state index in [1.54, 1.807) is 4.90 Å². The molecule has 1 aromatic carbocycles. The molecule has 1 unspecified atom stereocenters. The molecule has 4 nitrogen and oxygen atoms in total. The highest BCUT2D eigenvalue weighted by Gasteiger charge is 2.41. The lowest BCUT2D eigenvalue weighted by Crippen LogP contribution is -2.49. The Labute approximate surface area is 119 Å². The molecule has 1 heterocycles. The summed E-state index contributed by atoms with van der Waals surface area (Å²) in [7, 11) is 0. The molecule has 108 valence electrons. The molecule has 20 heavy (non-hydrogen) atoms. The van der Waals surface area contributed by atoms with Gasteiger partial charge in [-0.2, -0.15) is 0 Å².